The number of hydrogen-bond acceptors (Lipinski definition) is 4. The van der Waals surface area contributed by atoms with Crippen LogP contribution < -0.4 is 0 Å². The van der Waals surface area contributed by atoms with Gasteiger partial charge >= 0.3 is 0 Å². The van der Waals surface area contributed by atoms with E-state index in [4.69, 9.17) is 22.3 Å². The molecule has 1 rings (SSSR count). The Bertz CT molecular complexity index is 364. The number of aromatic nitrogens is 2. The fourth-order valence-electron chi connectivity index (χ4n) is 0.455. The zero-order valence-electron chi connectivity index (χ0n) is 5.03. The van der Waals surface area contributed by atoms with E-state index in [9.17, 15) is 8.42 Å². The highest BCUT2D eigenvalue weighted by Crippen LogP contribution is 2.11. The van der Waals surface area contributed by atoms with E-state index in [1.54, 1.807) is 0 Å². The van der Waals surface area contributed by atoms with E-state index in [0.29, 0.717) is 0 Å². The van der Waals surface area contributed by atoms with Crippen LogP contribution in [-0.2, 0) is 9.05 Å². The van der Waals surface area contributed by atoms with Crippen molar-refractivity contribution in [1.29, 1.82) is 0 Å². The van der Waals surface area contributed by atoms with E-state index in [1.807, 2.05) is 0 Å². The summed E-state index contributed by atoms with van der Waals surface area (Å²) < 4.78 is 21.2. The molecule has 7 heteroatoms. The van der Waals surface area contributed by atoms with Crippen molar-refractivity contribution in [2.45, 2.75) is 5.03 Å². The smallest absolute Gasteiger partial charge is 0.226 e. The van der Waals surface area contributed by atoms with Crippen molar-refractivity contribution in [3.05, 3.63) is 17.5 Å². The van der Waals surface area contributed by atoms with Gasteiger partial charge in [0.15, 0.2) is 5.03 Å². The molecule has 1 heterocycles. The third-order valence-electron chi connectivity index (χ3n) is 0.850. The van der Waals surface area contributed by atoms with E-state index in [1.165, 1.54) is 6.20 Å². The average Bonchev–Trinajstić information content (AvgIpc) is 1.86. The third kappa shape index (κ3) is 2.28. The molecular formula is C4H2Cl2N2O2S. The summed E-state index contributed by atoms with van der Waals surface area (Å²) >= 11 is 5.31. The van der Waals surface area contributed by atoms with Crippen molar-refractivity contribution >= 4 is 31.3 Å². The number of rotatable bonds is 1. The molecule has 0 saturated carbocycles. The predicted molar refractivity (Wildman–Crippen MR) is 40.1 cm³/mol. The summed E-state index contributed by atoms with van der Waals surface area (Å²) in [4.78, 5) is 6.86. The van der Waals surface area contributed by atoms with Gasteiger partial charge in [0.1, 0.15) is 0 Å². The van der Waals surface area contributed by atoms with Gasteiger partial charge in [0.25, 0.3) is 9.05 Å². The lowest BCUT2D eigenvalue weighted by molar-refractivity contribution is 0.605. The van der Waals surface area contributed by atoms with Crippen LogP contribution in [0.15, 0.2) is 17.3 Å². The average molecular weight is 213 g/mol. The summed E-state index contributed by atoms with van der Waals surface area (Å²) in [6.45, 7) is 0. The van der Waals surface area contributed by atoms with Crippen LogP contribution in [0.25, 0.3) is 0 Å². The SMILES string of the molecule is O=S(=O)(Cl)c1ccnc(Cl)n1. The van der Waals surface area contributed by atoms with Gasteiger partial charge in [-0.05, 0) is 17.7 Å². The van der Waals surface area contributed by atoms with E-state index in [0.717, 1.165) is 6.07 Å². The van der Waals surface area contributed by atoms with Gasteiger partial charge in [-0.25, -0.2) is 18.4 Å². The second-order valence-corrected chi connectivity index (χ2v) is 4.45. The summed E-state index contributed by atoms with van der Waals surface area (Å²) in [5, 5.41) is -0.439. The summed E-state index contributed by atoms with van der Waals surface area (Å²) in [6.07, 6.45) is 1.21. The van der Waals surface area contributed by atoms with Gasteiger partial charge < -0.3 is 0 Å². The molecule has 60 valence electrons. The van der Waals surface area contributed by atoms with Crippen LogP contribution in [0.5, 0.6) is 0 Å². The Hall–Kier alpha value is -0.390. The van der Waals surface area contributed by atoms with Gasteiger partial charge in [-0.3, -0.25) is 0 Å². The second-order valence-electron chi connectivity index (χ2n) is 1.60. The monoisotopic (exact) mass is 212 g/mol. The summed E-state index contributed by atoms with van der Waals surface area (Å²) in [6, 6.07) is 1.16. The molecule has 0 aliphatic rings. The number of halogens is 2. The summed E-state index contributed by atoms with van der Waals surface area (Å²) in [5.74, 6) is 0. The maximum absolute atomic E-state index is 10.6. The summed E-state index contributed by atoms with van der Waals surface area (Å²) in [5.41, 5.74) is 0. The van der Waals surface area contributed by atoms with Gasteiger partial charge in [-0.1, -0.05) is 0 Å². The highest BCUT2D eigenvalue weighted by Gasteiger charge is 2.11. The molecule has 4 nitrogen and oxygen atoms in total. The maximum atomic E-state index is 10.6. The Morgan fingerprint density at radius 3 is 2.45 bits per heavy atom. The Balaban J connectivity index is 3.28. The van der Waals surface area contributed by atoms with Gasteiger partial charge in [-0.15, -0.1) is 0 Å². The zero-order chi connectivity index (χ0) is 8.48. The van der Waals surface area contributed by atoms with Crippen LogP contribution in [0.1, 0.15) is 0 Å². The molecule has 0 fully saturated rings. The Kier molecular flexibility index (Phi) is 2.31. The first kappa shape index (κ1) is 8.70. The van der Waals surface area contributed by atoms with Gasteiger partial charge in [0.2, 0.25) is 5.28 Å². The first-order chi connectivity index (χ1) is 5.00. The van der Waals surface area contributed by atoms with E-state index in [2.05, 4.69) is 9.97 Å². The third-order valence-corrected chi connectivity index (χ3v) is 2.23. The topological polar surface area (TPSA) is 59.9 Å². The highest BCUT2D eigenvalue weighted by molar-refractivity contribution is 8.13. The van der Waals surface area contributed by atoms with Crippen molar-refractivity contribution in [1.82, 2.24) is 9.97 Å². The molecule has 0 bridgehead atoms. The molecule has 0 aliphatic carbocycles. The lowest BCUT2D eigenvalue weighted by atomic mass is 10.7. The van der Waals surface area contributed by atoms with Crippen molar-refractivity contribution < 1.29 is 8.42 Å². The van der Waals surface area contributed by atoms with Gasteiger partial charge in [0, 0.05) is 16.9 Å². The van der Waals surface area contributed by atoms with Crippen LogP contribution in [-0.4, -0.2) is 18.4 Å². The minimum absolute atomic E-state index is 0.147. The van der Waals surface area contributed by atoms with Crippen LogP contribution in [0.3, 0.4) is 0 Å². The zero-order valence-corrected chi connectivity index (χ0v) is 7.36. The molecule has 0 radical (unpaired) electrons. The number of hydrogen-bond donors (Lipinski definition) is 0. The first-order valence-corrected chi connectivity index (χ1v) is 5.12. The lowest BCUT2D eigenvalue weighted by Crippen LogP contribution is -1.95. The molecule has 0 amide bonds. The van der Waals surface area contributed by atoms with Crippen LogP contribution >= 0.6 is 22.3 Å². The van der Waals surface area contributed by atoms with Crippen molar-refractivity contribution in [3.8, 4) is 0 Å². The Morgan fingerprint density at radius 2 is 2.09 bits per heavy atom. The van der Waals surface area contributed by atoms with Gasteiger partial charge in [-0.2, -0.15) is 0 Å². The first-order valence-electron chi connectivity index (χ1n) is 2.43. The van der Waals surface area contributed by atoms with Crippen LogP contribution in [0.4, 0.5) is 0 Å². The Labute approximate surface area is 72.6 Å². The quantitative estimate of drug-likeness (QED) is 0.397. The van der Waals surface area contributed by atoms with Crippen molar-refractivity contribution in [2.24, 2.45) is 0 Å². The normalized spacial score (nSPS) is 11.5. The molecule has 1 aromatic heterocycles. The molecule has 0 spiro atoms. The maximum Gasteiger partial charge on any atom is 0.278 e. The van der Waals surface area contributed by atoms with Gasteiger partial charge in [0.05, 0.1) is 0 Å². The minimum atomic E-state index is -3.79. The van der Waals surface area contributed by atoms with E-state index in [-0.39, 0.29) is 10.3 Å². The van der Waals surface area contributed by atoms with Crippen molar-refractivity contribution in [2.75, 3.05) is 0 Å². The summed E-state index contributed by atoms with van der Waals surface area (Å²) in [7, 11) is 1.17. The van der Waals surface area contributed by atoms with E-state index < -0.39 is 9.05 Å². The standard InChI is InChI=1S/C4H2Cl2N2O2S/c5-4-7-2-1-3(8-4)11(6,9)10/h1-2H. The van der Waals surface area contributed by atoms with Crippen LogP contribution in [0, 0.1) is 0 Å². The molecule has 1 aromatic rings. The number of nitrogens with zero attached hydrogens (tertiary/aromatic N) is 2. The molecular weight excluding hydrogens is 211 g/mol. The van der Waals surface area contributed by atoms with E-state index >= 15 is 0 Å². The Morgan fingerprint density at radius 1 is 1.45 bits per heavy atom. The second kappa shape index (κ2) is 2.92. The lowest BCUT2D eigenvalue weighted by Gasteiger charge is -1.92. The fourth-order valence-corrected chi connectivity index (χ4v) is 1.33. The molecule has 0 N–H and O–H groups in total. The molecule has 0 aromatic carbocycles. The molecule has 11 heavy (non-hydrogen) atoms. The molecule has 0 aliphatic heterocycles. The van der Waals surface area contributed by atoms with Crippen LogP contribution in [0.2, 0.25) is 5.28 Å². The molecule has 0 atom stereocenters. The minimum Gasteiger partial charge on any atom is -0.226 e. The predicted octanol–water partition coefficient (Wildman–Crippen LogP) is 1.06. The van der Waals surface area contributed by atoms with Crippen molar-refractivity contribution in [3.63, 3.8) is 0 Å². The largest absolute Gasteiger partial charge is 0.278 e. The highest BCUT2D eigenvalue weighted by atomic mass is 35.7. The molecule has 0 unspecified atom stereocenters. The fraction of sp³-hybridized carbons (Fsp3) is 0. The molecule has 0 saturated heterocycles.